The zero-order chi connectivity index (χ0) is 12.1. The molecule has 0 bridgehead atoms. The minimum absolute atomic E-state index is 0.170. The van der Waals surface area contributed by atoms with Crippen LogP contribution in [0.25, 0.3) is 0 Å². The molecule has 1 aromatic carbocycles. The van der Waals surface area contributed by atoms with Crippen LogP contribution >= 0.6 is 15.9 Å². The number of hydrogen-bond acceptors (Lipinski definition) is 1. The highest BCUT2D eigenvalue weighted by Crippen LogP contribution is 2.29. The van der Waals surface area contributed by atoms with Crippen molar-refractivity contribution in [2.24, 2.45) is 5.92 Å². The monoisotopic (exact) mass is 296 g/mol. The lowest BCUT2D eigenvalue weighted by Crippen LogP contribution is -2.12. The molecule has 2 rings (SSSR count). The normalized spacial score (nSPS) is 18.5. The summed E-state index contributed by atoms with van der Waals surface area (Å²) in [4.78, 5) is 0. The maximum Gasteiger partial charge on any atom is 0.0580 e. The summed E-state index contributed by atoms with van der Waals surface area (Å²) < 4.78 is 1.10. The molecule has 1 aliphatic carbocycles. The second kappa shape index (κ2) is 6.55. The van der Waals surface area contributed by atoms with Gasteiger partial charge in [0.1, 0.15) is 0 Å². The highest BCUT2D eigenvalue weighted by molar-refractivity contribution is 9.10. The van der Waals surface area contributed by atoms with Crippen molar-refractivity contribution < 1.29 is 5.11 Å². The van der Waals surface area contributed by atoms with Crippen molar-refractivity contribution in [2.45, 2.75) is 51.0 Å². The van der Waals surface area contributed by atoms with Gasteiger partial charge >= 0.3 is 0 Å². The molecule has 1 aromatic rings. The van der Waals surface area contributed by atoms with Crippen molar-refractivity contribution >= 4 is 15.9 Å². The van der Waals surface area contributed by atoms with Crippen molar-refractivity contribution in [3.63, 3.8) is 0 Å². The number of aliphatic hydroxyl groups is 1. The molecular formula is C15H21BrO. The quantitative estimate of drug-likeness (QED) is 0.858. The largest absolute Gasteiger partial charge is 0.393 e. The maximum atomic E-state index is 10.0. The Morgan fingerprint density at radius 2 is 1.82 bits per heavy atom. The van der Waals surface area contributed by atoms with Gasteiger partial charge in [0.15, 0.2) is 0 Å². The molecule has 1 fully saturated rings. The Bertz CT molecular complexity index is 327. The molecule has 2 heteroatoms. The van der Waals surface area contributed by atoms with E-state index >= 15 is 0 Å². The molecule has 1 unspecified atom stereocenters. The lowest BCUT2D eigenvalue weighted by Gasteiger charge is -2.14. The van der Waals surface area contributed by atoms with E-state index in [0.29, 0.717) is 0 Å². The van der Waals surface area contributed by atoms with Gasteiger partial charge in [-0.2, -0.15) is 0 Å². The molecule has 1 aliphatic rings. The summed E-state index contributed by atoms with van der Waals surface area (Å²) in [5.41, 5.74) is 1.23. The Hall–Kier alpha value is -0.340. The van der Waals surface area contributed by atoms with E-state index < -0.39 is 0 Å². The molecule has 94 valence electrons. The average molecular weight is 297 g/mol. The third-order valence-electron chi connectivity index (χ3n) is 3.77. The minimum Gasteiger partial charge on any atom is -0.393 e. The van der Waals surface area contributed by atoms with Gasteiger partial charge in [-0.15, -0.1) is 0 Å². The van der Waals surface area contributed by atoms with Gasteiger partial charge in [0.05, 0.1) is 6.10 Å². The molecule has 0 radical (unpaired) electrons. The van der Waals surface area contributed by atoms with E-state index in [9.17, 15) is 5.11 Å². The lowest BCUT2D eigenvalue weighted by atomic mass is 9.97. The molecule has 1 saturated carbocycles. The second-order valence-electron chi connectivity index (χ2n) is 5.21. The van der Waals surface area contributed by atoms with Gasteiger partial charge < -0.3 is 5.11 Å². The van der Waals surface area contributed by atoms with E-state index in [1.807, 2.05) is 12.1 Å². The summed E-state index contributed by atoms with van der Waals surface area (Å²) in [5.74, 6) is 0.884. The molecule has 0 aliphatic heterocycles. The van der Waals surface area contributed by atoms with Gasteiger partial charge in [-0.05, 0) is 42.9 Å². The van der Waals surface area contributed by atoms with Crippen LogP contribution < -0.4 is 0 Å². The molecule has 1 atom stereocenters. The van der Waals surface area contributed by atoms with Crippen LogP contribution in [0.1, 0.15) is 44.1 Å². The fourth-order valence-electron chi connectivity index (χ4n) is 2.72. The Labute approximate surface area is 112 Å². The van der Waals surface area contributed by atoms with Gasteiger partial charge in [0.25, 0.3) is 0 Å². The molecular weight excluding hydrogens is 276 g/mol. The summed E-state index contributed by atoms with van der Waals surface area (Å²) in [6.45, 7) is 0. The predicted molar refractivity (Wildman–Crippen MR) is 75.0 cm³/mol. The number of rotatable bonds is 5. The fraction of sp³-hybridized carbons (Fsp3) is 0.600. The number of aliphatic hydroxyl groups excluding tert-OH is 1. The van der Waals surface area contributed by atoms with E-state index in [1.54, 1.807) is 0 Å². The predicted octanol–water partition coefficient (Wildman–Crippen LogP) is 4.32. The SMILES string of the molecule is OC(CCC1CCCC1)Cc1ccc(Br)cc1. The molecule has 0 heterocycles. The smallest absolute Gasteiger partial charge is 0.0580 e. The highest BCUT2D eigenvalue weighted by atomic mass is 79.9. The molecule has 0 amide bonds. The zero-order valence-corrected chi connectivity index (χ0v) is 11.8. The molecule has 0 spiro atoms. The van der Waals surface area contributed by atoms with Crippen molar-refractivity contribution in [3.8, 4) is 0 Å². The van der Waals surface area contributed by atoms with Crippen molar-refractivity contribution in [1.29, 1.82) is 0 Å². The van der Waals surface area contributed by atoms with Crippen LogP contribution in [-0.2, 0) is 6.42 Å². The zero-order valence-electron chi connectivity index (χ0n) is 10.2. The Kier molecular flexibility index (Phi) is 5.05. The third kappa shape index (κ3) is 4.44. The molecule has 1 nitrogen and oxygen atoms in total. The molecule has 17 heavy (non-hydrogen) atoms. The first-order valence-electron chi connectivity index (χ1n) is 6.66. The average Bonchev–Trinajstić information content (AvgIpc) is 2.83. The fourth-order valence-corrected chi connectivity index (χ4v) is 2.99. The Balaban J connectivity index is 1.72. The van der Waals surface area contributed by atoms with E-state index in [0.717, 1.165) is 23.2 Å². The highest BCUT2D eigenvalue weighted by Gasteiger charge is 2.16. The first-order chi connectivity index (χ1) is 8.24. The van der Waals surface area contributed by atoms with Crippen LogP contribution in [0.3, 0.4) is 0 Å². The number of hydrogen-bond donors (Lipinski definition) is 1. The number of halogens is 1. The van der Waals surface area contributed by atoms with Crippen LogP contribution in [0.4, 0.5) is 0 Å². The summed E-state index contributed by atoms with van der Waals surface area (Å²) in [6.07, 6.45) is 8.34. The lowest BCUT2D eigenvalue weighted by molar-refractivity contribution is 0.155. The van der Waals surface area contributed by atoms with E-state index in [4.69, 9.17) is 0 Å². The van der Waals surface area contributed by atoms with Gasteiger partial charge in [0, 0.05) is 4.47 Å². The number of benzene rings is 1. The topological polar surface area (TPSA) is 20.2 Å². The van der Waals surface area contributed by atoms with Crippen molar-refractivity contribution in [1.82, 2.24) is 0 Å². The van der Waals surface area contributed by atoms with E-state index in [1.165, 1.54) is 37.7 Å². The van der Waals surface area contributed by atoms with Crippen LogP contribution in [0.2, 0.25) is 0 Å². The Morgan fingerprint density at radius 1 is 1.18 bits per heavy atom. The maximum absolute atomic E-state index is 10.0. The first kappa shape index (κ1) is 13.1. The van der Waals surface area contributed by atoms with Crippen LogP contribution in [-0.4, -0.2) is 11.2 Å². The van der Waals surface area contributed by atoms with E-state index in [-0.39, 0.29) is 6.10 Å². The first-order valence-corrected chi connectivity index (χ1v) is 7.46. The summed E-state index contributed by atoms with van der Waals surface area (Å²) in [7, 11) is 0. The Morgan fingerprint density at radius 3 is 2.47 bits per heavy atom. The van der Waals surface area contributed by atoms with Crippen molar-refractivity contribution in [2.75, 3.05) is 0 Å². The minimum atomic E-state index is -0.170. The second-order valence-corrected chi connectivity index (χ2v) is 6.13. The summed E-state index contributed by atoms with van der Waals surface area (Å²) in [6, 6.07) is 8.25. The third-order valence-corrected chi connectivity index (χ3v) is 4.30. The molecule has 1 N–H and O–H groups in total. The standard InChI is InChI=1S/C15H21BrO/c16-14-8-5-13(6-9-14)11-15(17)10-7-12-3-1-2-4-12/h5-6,8-9,12,15,17H,1-4,7,10-11H2. The summed E-state index contributed by atoms with van der Waals surface area (Å²) in [5, 5.41) is 10.0. The van der Waals surface area contributed by atoms with Crippen LogP contribution in [0.5, 0.6) is 0 Å². The van der Waals surface area contributed by atoms with E-state index in [2.05, 4.69) is 28.1 Å². The van der Waals surface area contributed by atoms with Crippen molar-refractivity contribution in [3.05, 3.63) is 34.3 Å². The van der Waals surface area contributed by atoms with Crippen LogP contribution in [0, 0.1) is 5.92 Å². The van der Waals surface area contributed by atoms with Gasteiger partial charge in [-0.3, -0.25) is 0 Å². The van der Waals surface area contributed by atoms with Gasteiger partial charge in [-0.1, -0.05) is 53.7 Å². The van der Waals surface area contributed by atoms with Gasteiger partial charge in [-0.25, -0.2) is 0 Å². The molecule has 0 saturated heterocycles. The molecule has 0 aromatic heterocycles. The van der Waals surface area contributed by atoms with Crippen LogP contribution in [0.15, 0.2) is 28.7 Å². The summed E-state index contributed by atoms with van der Waals surface area (Å²) >= 11 is 3.42. The van der Waals surface area contributed by atoms with Gasteiger partial charge in [0.2, 0.25) is 0 Å².